The fraction of sp³-hybridized carbons (Fsp3) is 0.600. The molecular formula is C15H26N4O. The number of hydrogen-bond acceptors (Lipinski definition) is 4. The highest BCUT2D eigenvalue weighted by atomic mass is 16.5. The second-order valence-corrected chi connectivity index (χ2v) is 5.23. The van der Waals surface area contributed by atoms with E-state index in [9.17, 15) is 0 Å². The van der Waals surface area contributed by atoms with Gasteiger partial charge in [-0.3, -0.25) is 15.3 Å². The first-order chi connectivity index (χ1) is 9.40. The highest BCUT2D eigenvalue weighted by Gasteiger charge is 2.15. The summed E-state index contributed by atoms with van der Waals surface area (Å²) in [6.07, 6.45) is 1.85. The third-order valence-corrected chi connectivity index (χ3v) is 3.63. The SMILES string of the molecule is CCN(Cc1ncc(C)c(OC)c1C)CC(C)C(=N)N. The topological polar surface area (TPSA) is 75.2 Å². The first kappa shape index (κ1) is 16.4. The van der Waals surface area contributed by atoms with Crippen LogP contribution < -0.4 is 10.5 Å². The highest BCUT2D eigenvalue weighted by Crippen LogP contribution is 2.24. The van der Waals surface area contributed by atoms with Crippen molar-refractivity contribution in [3.63, 3.8) is 0 Å². The maximum atomic E-state index is 7.50. The molecule has 0 amide bonds. The van der Waals surface area contributed by atoms with Crippen LogP contribution in [0.5, 0.6) is 5.75 Å². The van der Waals surface area contributed by atoms with Gasteiger partial charge in [-0.25, -0.2) is 0 Å². The molecule has 0 aliphatic rings. The second-order valence-electron chi connectivity index (χ2n) is 5.23. The number of ether oxygens (including phenoxy) is 1. The molecule has 0 aromatic carbocycles. The van der Waals surface area contributed by atoms with E-state index in [1.54, 1.807) is 7.11 Å². The normalized spacial score (nSPS) is 12.5. The molecule has 1 unspecified atom stereocenters. The fourth-order valence-electron chi connectivity index (χ4n) is 2.23. The van der Waals surface area contributed by atoms with E-state index in [-0.39, 0.29) is 11.8 Å². The molecule has 0 spiro atoms. The van der Waals surface area contributed by atoms with E-state index in [0.29, 0.717) is 0 Å². The Labute approximate surface area is 121 Å². The lowest BCUT2D eigenvalue weighted by atomic mass is 10.1. The lowest BCUT2D eigenvalue weighted by Crippen LogP contribution is -2.34. The van der Waals surface area contributed by atoms with Gasteiger partial charge in [0, 0.05) is 36.3 Å². The summed E-state index contributed by atoms with van der Waals surface area (Å²) in [5, 5.41) is 7.50. The van der Waals surface area contributed by atoms with Crippen molar-refractivity contribution in [2.24, 2.45) is 11.7 Å². The smallest absolute Gasteiger partial charge is 0.128 e. The van der Waals surface area contributed by atoms with Crippen molar-refractivity contribution >= 4 is 5.84 Å². The van der Waals surface area contributed by atoms with Crippen LogP contribution in [0.25, 0.3) is 0 Å². The first-order valence-electron chi connectivity index (χ1n) is 6.96. The summed E-state index contributed by atoms with van der Waals surface area (Å²) >= 11 is 0. The van der Waals surface area contributed by atoms with E-state index in [1.165, 1.54) is 0 Å². The van der Waals surface area contributed by atoms with Crippen LogP contribution in [-0.4, -0.2) is 35.9 Å². The number of nitrogens with one attached hydrogen (secondary N) is 1. The molecule has 0 saturated heterocycles. The van der Waals surface area contributed by atoms with Gasteiger partial charge in [0.25, 0.3) is 0 Å². The Hall–Kier alpha value is -1.62. The fourth-order valence-corrected chi connectivity index (χ4v) is 2.23. The van der Waals surface area contributed by atoms with Gasteiger partial charge >= 0.3 is 0 Å². The minimum atomic E-state index is 0.0580. The molecule has 20 heavy (non-hydrogen) atoms. The number of methoxy groups -OCH3 is 1. The zero-order valence-electron chi connectivity index (χ0n) is 13.2. The van der Waals surface area contributed by atoms with Gasteiger partial charge in [-0.15, -0.1) is 0 Å². The van der Waals surface area contributed by atoms with Gasteiger partial charge in [-0.1, -0.05) is 13.8 Å². The average Bonchev–Trinajstić information content (AvgIpc) is 2.41. The minimum absolute atomic E-state index is 0.0580. The molecule has 1 aromatic heterocycles. The molecule has 0 aliphatic carbocycles. The van der Waals surface area contributed by atoms with Gasteiger partial charge in [-0.2, -0.15) is 0 Å². The van der Waals surface area contributed by atoms with Crippen molar-refractivity contribution in [1.29, 1.82) is 5.41 Å². The van der Waals surface area contributed by atoms with Crippen molar-refractivity contribution in [3.05, 3.63) is 23.0 Å². The van der Waals surface area contributed by atoms with Crippen molar-refractivity contribution in [2.75, 3.05) is 20.2 Å². The monoisotopic (exact) mass is 278 g/mol. The van der Waals surface area contributed by atoms with Gasteiger partial charge in [0.05, 0.1) is 18.6 Å². The first-order valence-corrected chi connectivity index (χ1v) is 6.96. The van der Waals surface area contributed by atoms with Crippen LogP contribution >= 0.6 is 0 Å². The molecule has 5 heteroatoms. The van der Waals surface area contributed by atoms with Crippen LogP contribution in [0.2, 0.25) is 0 Å². The maximum absolute atomic E-state index is 7.50. The van der Waals surface area contributed by atoms with E-state index in [1.807, 2.05) is 27.0 Å². The van der Waals surface area contributed by atoms with E-state index in [4.69, 9.17) is 15.9 Å². The molecule has 0 bridgehead atoms. The van der Waals surface area contributed by atoms with Crippen molar-refractivity contribution in [2.45, 2.75) is 34.2 Å². The van der Waals surface area contributed by atoms with Crippen molar-refractivity contribution < 1.29 is 4.74 Å². The third-order valence-electron chi connectivity index (χ3n) is 3.63. The molecule has 1 heterocycles. The third kappa shape index (κ3) is 3.93. The minimum Gasteiger partial charge on any atom is -0.496 e. The largest absolute Gasteiger partial charge is 0.496 e. The predicted molar refractivity (Wildman–Crippen MR) is 82.3 cm³/mol. The van der Waals surface area contributed by atoms with Crippen molar-refractivity contribution in [3.8, 4) is 5.75 Å². The van der Waals surface area contributed by atoms with E-state index in [0.717, 1.165) is 42.2 Å². The molecule has 0 radical (unpaired) electrons. The summed E-state index contributed by atoms with van der Waals surface area (Å²) in [6.45, 7) is 10.5. The average molecular weight is 278 g/mol. The summed E-state index contributed by atoms with van der Waals surface area (Å²) in [7, 11) is 1.69. The van der Waals surface area contributed by atoms with E-state index >= 15 is 0 Å². The number of nitrogens with two attached hydrogens (primary N) is 1. The zero-order chi connectivity index (χ0) is 15.3. The molecule has 112 valence electrons. The van der Waals surface area contributed by atoms with Crippen LogP contribution in [0.1, 0.15) is 30.7 Å². The number of aryl methyl sites for hydroxylation is 1. The number of pyridine rings is 1. The van der Waals surface area contributed by atoms with Gasteiger partial charge in [0.15, 0.2) is 0 Å². The Kier molecular flexibility index (Phi) is 5.95. The van der Waals surface area contributed by atoms with Gasteiger partial charge in [-0.05, 0) is 20.4 Å². The van der Waals surface area contributed by atoms with Crippen LogP contribution in [0.4, 0.5) is 0 Å². The molecule has 0 saturated carbocycles. The molecule has 1 atom stereocenters. The summed E-state index contributed by atoms with van der Waals surface area (Å²) in [4.78, 5) is 6.77. The number of rotatable bonds is 7. The molecule has 3 N–H and O–H groups in total. The Balaban J connectivity index is 2.88. The lowest BCUT2D eigenvalue weighted by Gasteiger charge is -2.24. The molecule has 0 fully saturated rings. The van der Waals surface area contributed by atoms with Crippen LogP contribution in [-0.2, 0) is 6.54 Å². The molecule has 1 rings (SSSR count). The Morgan fingerprint density at radius 3 is 2.65 bits per heavy atom. The molecule has 0 aliphatic heterocycles. The van der Waals surface area contributed by atoms with Gasteiger partial charge in [0.1, 0.15) is 5.75 Å². The molecular weight excluding hydrogens is 252 g/mol. The Morgan fingerprint density at radius 2 is 2.15 bits per heavy atom. The predicted octanol–water partition coefficient (Wildman–Crippen LogP) is 2.10. The quantitative estimate of drug-likeness (QED) is 0.591. The summed E-state index contributed by atoms with van der Waals surface area (Å²) in [5.41, 5.74) is 8.70. The van der Waals surface area contributed by atoms with Crippen LogP contribution in [0.15, 0.2) is 6.20 Å². The Morgan fingerprint density at radius 1 is 1.50 bits per heavy atom. The zero-order valence-corrected chi connectivity index (χ0v) is 13.2. The van der Waals surface area contributed by atoms with Gasteiger partial charge < -0.3 is 10.5 Å². The highest BCUT2D eigenvalue weighted by molar-refractivity contribution is 5.79. The lowest BCUT2D eigenvalue weighted by molar-refractivity contribution is 0.259. The Bertz CT molecular complexity index is 473. The number of hydrogen-bond donors (Lipinski definition) is 2. The number of nitrogens with zero attached hydrogens (tertiary/aromatic N) is 2. The summed E-state index contributed by atoms with van der Waals surface area (Å²) in [6, 6.07) is 0. The maximum Gasteiger partial charge on any atom is 0.128 e. The summed E-state index contributed by atoms with van der Waals surface area (Å²) < 4.78 is 5.44. The number of amidine groups is 1. The standard InChI is InChI=1S/C15H26N4O/c1-6-19(8-11(3)15(16)17)9-13-12(4)14(20-5)10(2)7-18-13/h7,11H,6,8-9H2,1-5H3,(H3,16,17). The molecule has 5 nitrogen and oxygen atoms in total. The second kappa shape index (κ2) is 7.24. The van der Waals surface area contributed by atoms with E-state index < -0.39 is 0 Å². The van der Waals surface area contributed by atoms with Crippen molar-refractivity contribution in [1.82, 2.24) is 9.88 Å². The summed E-state index contributed by atoms with van der Waals surface area (Å²) in [5.74, 6) is 1.20. The van der Waals surface area contributed by atoms with Crippen LogP contribution in [0.3, 0.4) is 0 Å². The molecule has 1 aromatic rings. The number of aromatic nitrogens is 1. The van der Waals surface area contributed by atoms with Crippen LogP contribution in [0, 0.1) is 25.2 Å². The van der Waals surface area contributed by atoms with E-state index in [2.05, 4.69) is 16.8 Å². The van der Waals surface area contributed by atoms with Gasteiger partial charge in [0.2, 0.25) is 0 Å².